The van der Waals surface area contributed by atoms with Crippen molar-refractivity contribution in [3.05, 3.63) is 64.1 Å². The van der Waals surface area contributed by atoms with Crippen molar-refractivity contribution in [2.75, 3.05) is 13.1 Å². The molecule has 3 aromatic rings. The Morgan fingerprint density at radius 1 is 1.17 bits per heavy atom. The zero-order valence-corrected chi connectivity index (χ0v) is 14.7. The van der Waals surface area contributed by atoms with Crippen LogP contribution >= 0.6 is 22.9 Å². The number of rotatable bonds is 2. The minimum absolute atomic E-state index is 0.0810. The number of halogens is 1. The number of para-hydroxylation sites is 1. The molecule has 2 aromatic carbocycles. The van der Waals surface area contributed by atoms with Gasteiger partial charge in [-0.25, -0.2) is 4.98 Å². The largest absolute Gasteiger partial charge is 0.338 e. The summed E-state index contributed by atoms with van der Waals surface area (Å²) in [7, 11) is 0. The predicted molar refractivity (Wildman–Crippen MR) is 99.0 cm³/mol. The molecule has 0 unspecified atom stereocenters. The fourth-order valence-electron chi connectivity index (χ4n) is 3.20. The fraction of sp³-hybridized carbons (Fsp3) is 0.263. The topological polar surface area (TPSA) is 33.2 Å². The van der Waals surface area contributed by atoms with E-state index in [0.29, 0.717) is 16.5 Å². The van der Waals surface area contributed by atoms with Crippen molar-refractivity contribution in [2.24, 2.45) is 0 Å². The molecule has 1 aliphatic rings. The maximum absolute atomic E-state index is 12.7. The molecule has 0 N–H and O–H groups in total. The highest BCUT2D eigenvalue weighted by Gasteiger charge is 2.27. The van der Waals surface area contributed by atoms with Crippen molar-refractivity contribution in [2.45, 2.75) is 18.8 Å². The maximum Gasteiger partial charge on any atom is 0.253 e. The minimum Gasteiger partial charge on any atom is -0.338 e. The second-order valence-electron chi connectivity index (χ2n) is 6.12. The summed E-state index contributed by atoms with van der Waals surface area (Å²) in [6.45, 7) is 1.55. The molecule has 5 heteroatoms. The third kappa shape index (κ3) is 3.04. The van der Waals surface area contributed by atoms with Crippen LogP contribution in [0.1, 0.15) is 34.1 Å². The molecule has 0 bridgehead atoms. The highest BCUT2D eigenvalue weighted by atomic mass is 35.5. The fourth-order valence-corrected chi connectivity index (χ4v) is 4.42. The third-order valence-electron chi connectivity index (χ3n) is 4.46. The van der Waals surface area contributed by atoms with Crippen molar-refractivity contribution < 1.29 is 4.79 Å². The van der Waals surface area contributed by atoms with Gasteiger partial charge in [-0.15, -0.1) is 11.3 Å². The van der Waals surface area contributed by atoms with Crippen LogP contribution in [-0.2, 0) is 0 Å². The number of likely N-dealkylation sites (tertiary alicyclic amines) is 1. The van der Waals surface area contributed by atoms with E-state index in [-0.39, 0.29) is 5.91 Å². The number of hydrogen-bond acceptors (Lipinski definition) is 3. The molecule has 1 saturated heterocycles. The molecule has 0 saturated carbocycles. The second-order valence-corrected chi connectivity index (χ2v) is 7.62. The molecule has 1 fully saturated rings. The van der Waals surface area contributed by atoms with Crippen LogP contribution in [-0.4, -0.2) is 28.9 Å². The highest BCUT2D eigenvalue weighted by molar-refractivity contribution is 7.18. The highest BCUT2D eigenvalue weighted by Crippen LogP contribution is 2.33. The Hall–Kier alpha value is -1.91. The SMILES string of the molecule is O=C(c1ccc(Cl)cc1)N1CCC[C@H](c2nc3ccccc3s2)C1. The van der Waals surface area contributed by atoms with Gasteiger partial charge >= 0.3 is 0 Å². The summed E-state index contributed by atoms with van der Waals surface area (Å²) in [6.07, 6.45) is 2.10. The van der Waals surface area contributed by atoms with Gasteiger partial charge in [0.15, 0.2) is 0 Å². The van der Waals surface area contributed by atoms with E-state index in [1.165, 1.54) is 4.70 Å². The number of piperidine rings is 1. The minimum atomic E-state index is 0.0810. The number of nitrogens with zero attached hydrogens (tertiary/aromatic N) is 2. The van der Waals surface area contributed by atoms with Crippen LogP contribution in [0.3, 0.4) is 0 Å². The van der Waals surface area contributed by atoms with E-state index in [1.54, 1.807) is 35.6 Å². The van der Waals surface area contributed by atoms with Crippen LogP contribution in [0.4, 0.5) is 0 Å². The van der Waals surface area contributed by atoms with Crippen LogP contribution in [0.25, 0.3) is 10.2 Å². The Morgan fingerprint density at radius 3 is 2.75 bits per heavy atom. The van der Waals surface area contributed by atoms with Gasteiger partial charge in [-0.1, -0.05) is 23.7 Å². The number of thiazole rings is 1. The van der Waals surface area contributed by atoms with Crippen molar-refractivity contribution in [3.8, 4) is 0 Å². The van der Waals surface area contributed by atoms with Gasteiger partial charge < -0.3 is 4.90 Å². The first-order valence-corrected chi connectivity index (χ1v) is 9.30. The Labute approximate surface area is 149 Å². The molecule has 1 aromatic heterocycles. The molecule has 0 radical (unpaired) electrons. The van der Waals surface area contributed by atoms with E-state index in [4.69, 9.17) is 16.6 Å². The van der Waals surface area contributed by atoms with Gasteiger partial charge in [-0.2, -0.15) is 0 Å². The third-order valence-corrected chi connectivity index (χ3v) is 5.91. The van der Waals surface area contributed by atoms with E-state index < -0.39 is 0 Å². The summed E-state index contributed by atoms with van der Waals surface area (Å²) < 4.78 is 1.22. The lowest BCUT2D eigenvalue weighted by molar-refractivity contribution is 0.0707. The van der Waals surface area contributed by atoms with Crippen molar-refractivity contribution in [1.29, 1.82) is 0 Å². The van der Waals surface area contributed by atoms with E-state index in [9.17, 15) is 4.79 Å². The first kappa shape index (κ1) is 15.6. The number of aromatic nitrogens is 1. The van der Waals surface area contributed by atoms with Crippen molar-refractivity contribution in [3.63, 3.8) is 0 Å². The zero-order chi connectivity index (χ0) is 16.5. The molecule has 0 aliphatic carbocycles. The van der Waals surface area contributed by atoms with Gasteiger partial charge in [-0.3, -0.25) is 4.79 Å². The van der Waals surface area contributed by atoms with Crippen LogP contribution in [0.15, 0.2) is 48.5 Å². The summed E-state index contributed by atoms with van der Waals surface area (Å²) in [5.74, 6) is 0.407. The second kappa shape index (κ2) is 6.54. The molecule has 1 amide bonds. The van der Waals surface area contributed by atoms with Crippen LogP contribution in [0.5, 0.6) is 0 Å². The lowest BCUT2D eigenvalue weighted by atomic mass is 9.98. The first-order chi connectivity index (χ1) is 11.7. The Bertz CT molecular complexity index is 841. The first-order valence-electron chi connectivity index (χ1n) is 8.11. The quantitative estimate of drug-likeness (QED) is 0.649. The predicted octanol–water partition coefficient (Wildman–Crippen LogP) is 4.97. The molecule has 3 nitrogen and oxygen atoms in total. The normalized spacial score (nSPS) is 18.0. The number of benzene rings is 2. The number of carbonyl (C=O) groups excluding carboxylic acids is 1. The molecule has 122 valence electrons. The molecule has 24 heavy (non-hydrogen) atoms. The van der Waals surface area contributed by atoms with Crippen LogP contribution < -0.4 is 0 Å². The number of hydrogen-bond donors (Lipinski definition) is 0. The molecule has 0 spiro atoms. The van der Waals surface area contributed by atoms with E-state index in [2.05, 4.69) is 12.1 Å². The Morgan fingerprint density at radius 2 is 1.96 bits per heavy atom. The van der Waals surface area contributed by atoms with Crippen molar-refractivity contribution >= 4 is 39.1 Å². The molecular weight excluding hydrogens is 340 g/mol. The Balaban J connectivity index is 1.54. The summed E-state index contributed by atoms with van der Waals surface area (Å²) >= 11 is 7.66. The zero-order valence-electron chi connectivity index (χ0n) is 13.1. The number of fused-ring (bicyclic) bond motifs is 1. The lowest BCUT2D eigenvalue weighted by Crippen LogP contribution is -2.39. The van der Waals surface area contributed by atoms with Crippen LogP contribution in [0, 0.1) is 0 Å². The van der Waals surface area contributed by atoms with Crippen molar-refractivity contribution in [1.82, 2.24) is 9.88 Å². The van der Waals surface area contributed by atoms with E-state index in [1.807, 2.05) is 17.0 Å². The average molecular weight is 357 g/mol. The van der Waals surface area contributed by atoms with Crippen LogP contribution in [0.2, 0.25) is 5.02 Å². The summed E-state index contributed by atoms with van der Waals surface area (Å²) in [5, 5.41) is 1.79. The summed E-state index contributed by atoms with van der Waals surface area (Å²) in [4.78, 5) is 19.5. The molecule has 1 atom stereocenters. The molecule has 2 heterocycles. The van der Waals surface area contributed by atoms with Gasteiger partial charge in [0.1, 0.15) is 0 Å². The van der Waals surface area contributed by atoms with Gasteiger partial charge in [0.05, 0.1) is 15.2 Å². The standard InChI is InChI=1S/C19H17ClN2OS/c20-15-9-7-13(8-10-15)19(23)22-11-3-4-14(12-22)18-21-16-5-1-2-6-17(16)24-18/h1-2,5-10,14H,3-4,11-12H2/t14-/m0/s1. The molecule has 4 rings (SSSR count). The Kier molecular flexibility index (Phi) is 4.25. The van der Waals surface area contributed by atoms with Gasteiger partial charge in [0.25, 0.3) is 5.91 Å². The summed E-state index contributed by atoms with van der Waals surface area (Å²) in [6, 6.07) is 15.3. The lowest BCUT2D eigenvalue weighted by Gasteiger charge is -2.32. The monoisotopic (exact) mass is 356 g/mol. The summed E-state index contributed by atoms with van der Waals surface area (Å²) in [5.41, 5.74) is 1.75. The number of amides is 1. The van der Waals surface area contributed by atoms with E-state index >= 15 is 0 Å². The van der Waals surface area contributed by atoms with E-state index in [0.717, 1.165) is 36.5 Å². The van der Waals surface area contributed by atoms with Gasteiger partial charge in [-0.05, 0) is 49.2 Å². The van der Waals surface area contributed by atoms with Gasteiger partial charge in [0, 0.05) is 29.6 Å². The molecule has 1 aliphatic heterocycles. The number of carbonyl (C=O) groups is 1. The van der Waals surface area contributed by atoms with Gasteiger partial charge in [0.2, 0.25) is 0 Å². The molecular formula is C19H17ClN2OS. The average Bonchev–Trinajstić information content (AvgIpc) is 3.06. The smallest absolute Gasteiger partial charge is 0.253 e. The maximum atomic E-state index is 12.7.